The predicted molar refractivity (Wildman–Crippen MR) is 102 cm³/mol. The maximum Gasteiger partial charge on any atom is 0.225 e. The Morgan fingerprint density at radius 1 is 1.12 bits per heavy atom. The number of fused-ring (bicyclic) bond motifs is 3. The highest BCUT2D eigenvalue weighted by molar-refractivity contribution is 7.19. The first kappa shape index (κ1) is 16.4. The molecule has 2 fully saturated rings. The van der Waals surface area contributed by atoms with Gasteiger partial charge in [-0.3, -0.25) is 4.79 Å². The van der Waals surface area contributed by atoms with Crippen molar-refractivity contribution in [2.24, 2.45) is 5.92 Å². The average molecular weight is 372 g/mol. The highest BCUT2D eigenvalue weighted by Gasteiger charge is 2.31. The maximum atomic E-state index is 12.7. The van der Waals surface area contributed by atoms with E-state index in [1.54, 1.807) is 6.33 Å². The Hall–Kier alpha value is -1.73. The molecule has 0 spiro atoms. The topological polar surface area (TPSA) is 58.6 Å². The van der Waals surface area contributed by atoms with E-state index < -0.39 is 0 Å². The van der Waals surface area contributed by atoms with E-state index in [4.69, 9.17) is 4.74 Å². The molecule has 0 N–H and O–H groups in total. The molecule has 5 rings (SSSR count). The molecule has 1 aliphatic carbocycles. The van der Waals surface area contributed by atoms with Gasteiger partial charge in [-0.2, -0.15) is 0 Å². The largest absolute Gasteiger partial charge is 0.378 e. The zero-order valence-electron chi connectivity index (χ0n) is 14.9. The van der Waals surface area contributed by atoms with Crippen molar-refractivity contribution in [3.8, 4) is 0 Å². The van der Waals surface area contributed by atoms with Gasteiger partial charge in [-0.05, 0) is 37.7 Å². The van der Waals surface area contributed by atoms with Crippen LogP contribution in [-0.4, -0.2) is 60.2 Å². The van der Waals surface area contributed by atoms with Gasteiger partial charge in [0.05, 0.1) is 18.6 Å². The molecular weight excluding hydrogens is 348 g/mol. The molecule has 0 atom stereocenters. The number of hydrogen-bond donors (Lipinski definition) is 0. The van der Waals surface area contributed by atoms with Crippen LogP contribution in [0.2, 0.25) is 0 Å². The lowest BCUT2D eigenvalue weighted by molar-refractivity contribution is -0.140. The van der Waals surface area contributed by atoms with Crippen LogP contribution in [0.5, 0.6) is 0 Å². The second kappa shape index (κ2) is 6.78. The lowest BCUT2D eigenvalue weighted by Gasteiger charge is -2.36. The number of amides is 1. The van der Waals surface area contributed by atoms with E-state index in [0.717, 1.165) is 56.1 Å². The first-order chi connectivity index (χ1) is 12.8. The first-order valence-electron chi connectivity index (χ1n) is 9.68. The molecule has 138 valence electrons. The van der Waals surface area contributed by atoms with Gasteiger partial charge in [-0.25, -0.2) is 9.97 Å². The molecule has 6 nitrogen and oxygen atoms in total. The van der Waals surface area contributed by atoms with Gasteiger partial charge in [0, 0.05) is 37.0 Å². The van der Waals surface area contributed by atoms with Crippen LogP contribution >= 0.6 is 11.3 Å². The molecular formula is C19H24N4O2S. The highest BCUT2D eigenvalue weighted by atomic mass is 32.1. The maximum absolute atomic E-state index is 12.7. The van der Waals surface area contributed by atoms with Gasteiger partial charge >= 0.3 is 0 Å². The Balaban J connectivity index is 1.33. The number of rotatable bonds is 2. The number of piperidine rings is 1. The van der Waals surface area contributed by atoms with E-state index in [1.807, 2.05) is 16.2 Å². The lowest BCUT2D eigenvalue weighted by atomic mass is 9.95. The molecule has 2 saturated heterocycles. The number of nitrogens with zero attached hydrogens (tertiary/aromatic N) is 4. The number of thiophene rings is 1. The highest BCUT2D eigenvalue weighted by Crippen LogP contribution is 2.40. The van der Waals surface area contributed by atoms with E-state index >= 15 is 0 Å². The summed E-state index contributed by atoms with van der Waals surface area (Å²) in [6.07, 6.45) is 7.12. The van der Waals surface area contributed by atoms with Crippen LogP contribution in [0.3, 0.4) is 0 Å². The number of anilines is 1. The number of aromatic nitrogens is 2. The van der Waals surface area contributed by atoms with Crippen LogP contribution < -0.4 is 4.90 Å². The number of ether oxygens (including phenoxy) is 1. The summed E-state index contributed by atoms with van der Waals surface area (Å²) in [5, 5.41) is 1.28. The summed E-state index contributed by atoms with van der Waals surface area (Å²) in [6, 6.07) is 0. The van der Waals surface area contributed by atoms with Gasteiger partial charge < -0.3 is 14.5 Å². The van der Waals surface area contributed by atoms with Gasteiger partial charge in [0.2, 0.25) is 5.91 Å². The normalized spacial score (nSPS) is 21.4. The molecule has 3 aliphatic rings. The van der Waals surface area contributed by atoms with Crippen molar-refractivity contribution >= 4 is 33.3 Å². The zero-order valence-corrected chi connectivity index (χ0v) is 15.8. The van der Waals surface area contributed by atoms with Crippen LogP contribution in [0.4, 0.5) is 5.82 Å². The average Bonchev–Trinajstić information content (AvgIpc) is 3.29. The number of aryl methyl sites for hydroxylation is 2. The van der Waals surface area contributed by atoms with Gasteiger partial charge in [-0.1, -0.05) is 0 Å². The molecule has 7 heteroatoms. The van der Waals surface area contributed by atoms with Crippen LogP contribution in [0, 0.1) is 5.92 Å². The molecule has 2 aromatic rings. The van der Waals surface area contributed by atoms with E-state index in [9.17, 15) is 4.79 Å². The third kappa shape index (κ3) is 2.77. The Kier molecular flexibility index (Phi) is 4.29. The van der Waals surface area contributed by atoms with Gasteiger partial charge in [0.1, 0.15) is 17.0 Å². The molecule has 0 saturated carbocycles. The molecule has 0 radical (unpaired) electrons. The van der Waals surface area contributed by atoms with E-state index in [2.05, 4.69) is 14.9 Å². The van der Waals surface area contributed by atoms with Gasteiger partial charge in [-0.15, -0.1) is 11.3 Å². The van der Waals surface area contributed by atoms with Crippen LogP contribution in [0.15, 0.2) is 6.33 Å². The molecule has 26 heavy (non-hydrogen) atoms. The van der Waals surface area contributed by atoms with Gasteiger partial charge in [0.25, 0.3) is 0 Å². The zero-order chi connectivity index (χ0) is 17.5. The van der Waals surface area contributed by atoms with E-state index in [1.165, 1.54) is 28.7 Å². The summed E-state index contributed by atoms with van der Waals surface area (Å²) in [4.78, 5) is 28.9. The third-order valence-corrected chi connectivity index (χ3v) is 7.15. The third-order valence-electron chi connectivity index (χ3n) is 5.95. The van der Waals surface area contributed by atoms with Crippen LogP contribution in [-0.2, 0) is 22.4 Å². The minimum Gasteiger partial charge on any atom is -0.378 e. The summed E-state index contributed by atoms with van der Waals surface area (Å²) in [5.74, 6) is 1.55. The second-order valence-corrected chi connectivity index (χ2v) is 8.52. The Labute approximate surface area is 157 Å². The van der Waals surface area contributed by atoms with Crippen LogP contribution in [0.1, 0.15) is 29.7 Å². The fourth-order valence-corrected chi connectivity index (χ4v) is 5.76. The van der Waals surface area contributed by atoms with Crippen molar-refractivity contribution < 1.29 is 9.53 Å². The predicted octanol–water partition coefficient (Wildman–Crippen LogP) is 2.26. The fraction of sp³-hybridized carbons (Fsp3) is 0.632. The second-order valence-electron chi connectivity index (χ2n) is 7.43. The van der Waals surface area contributed by atoms with Crippen molar-refractivity contribution in [3.05, 3.63) is 16.8 Å². The molecule has 0 bridgehead atoms. The Morgan fingerprint density at radius 2 is 1.92 bits per heavy atom. The number of morpholine rings is 1. The minimum atomic E-state index is 0.148. The fourth-order valence-electron chi connectivity index (χ4n) is 4.53. The van der Waals surface area contributed by atoms with Crippen molar-refractivity contribution in [2.75, 3.05) is 44.3 Å². The summed E-state index contributed by atoms with van der Waals surface area (Å²) >= 11 is 1.84. The van der Waals surface area contributed by atoms with Crippen molar-refractivity contribution in [1.82, 2.24) is 14.9 Å². The lowest BCUT2D eigenvalue weighted by Crippen LogP contribution is -2.47. The number of hydrogen-bond acceptors (Lipinski definition) is 6. The SMILES string of the molecule is O=C(C1CCN(c2ncnc3sc4c(c23)CCC4)CC1)N1CCOCC1. The molecule has 1 amide bonds. The standard InChI is InChI=1S/C19H24N4O2S/c24-19(23-8-10-25-11-9-23)13-4-6-22(7-5-13)17-16-14-2-1-3-15(14)26-18(16)21-12-20-17/h12-13H,1-11H2. The van der Waals surface area contributed by atoms with Crippen molar-refractivity contribution in [2.45, 2.75) is 32.1 Å². The van der Waals surface area contributed by atoms with Gasteiger partial charge in [0.15, 0.2) is 0 Å². The molecule has 0 unspecified atom stereocenters. The number of carbonyl (C=O) groups excluding carboxylic acids is 1. The molecule has 4 heterocycles. The molecule has 0 aromatic carbocycles. The Bertz CT molecular complexity index is 822. The first-order valence-corrected chi connectivity index (χ1v) is 10.5. The molecule has 2 aliphatic heterocycles. The quantitative estimate of drug-likeness (QED) is 0.809. The number of carbonyl (C=O) groups is 1. The smallest absolute Gasteiger partial charge is 0.225 e. The monoisotopic (exact) mass is 372 g/mol. The van der Waals surface area contributed by atoms with Crippen molar-refractivity contribution in [1.29, 1.82) is 0 Å². The summed E-state index contributed by atoms with van der Waals surface area (Å²) in [7, 11) is 0. The van der Waals surface area contributed by atoms with E-state index in [-0.39, 0.29) is 5.92 Å². The summed E-state index contributed by atoms with van der Waals surface area (Å²) in [6.45, 7) is 4.63. The Morgan fingerprint density at radius 3 is 2.73 bits per heavy atom. The van der Waals surface area contributed by atoms with Crippen molar-refractivity contribution in [3.63, 3.8) is 0 Å². The van der Waals surface area contributed by atoms with Crippen LogP contribution in [0.25, 0.3) is 10.2 Å². The van der Waals surface area contributed by atoms with E-state index in [0.29, 0.717) is 19.1 Å². The minimum absolute atomic E-state index is 0.148. The molecule has 2 aromatic heterocycles. The summed E-state index contributed by atoms with van der Waals surface area (Å²) < 4.78 is 5.37. The summed E-state index contributed by atoms with van der Waals surface area (Å²) in [5.41, 5.74) is 1.48.